The smallest absolute Gasteiger partial charge is 0.184 e. The highest BCUT2D eigenvalue weighted by Gasteiger charge is 2.25. The lowest BCUT2D eigenvalue weighted by Gasteiger charge is -2.11. The molecule has 1 aromatic rings. The summed E-state index contributed by atoms with van der Waals surface area (Å²) in [5, 5.41) is 0. The molecule has 0 bridgehead atoms. The fourth-order valence-electron chi connectivity index (χ4n) is 1.84. The maximum Gasteiger partial charge on any atom is 0.184 e. The van der Waals surface area contributed by atoms with Gasteiger partial charge in [0.2, 0.25) is 0 Å². The van der Waals surface area contributed by atoms with Crippen LogP contribution in [-0.4, -0.2) is 7.11 Å². The van der Waals surface area contributed by atoms with E-state index in [9.17, 15) is 0 Å². The van der Waals surface area contributed by atoms with Crippen LogP contribution in [0.4, 0.5) is 0 Å². The van der Waals surface area contributed by atoms with Crippen molar-refractivity contribution in [2.24, 2.45) is 0 Å². The number of aryl methyl sites for hydroxylation is 2. The molecular weight excluding hydrogens is 164 g/mol. The SMILES string of the molecule is CO[C@H]1OCc2c(C)ccc(C)c21. The maximum absolute atomic E-state index is 5.51. The first-order valence-electron chi connectivity index (χ1n) is 4.47. The summed E-state index contributed by atoms with van der Waals surface area (Å²) in [5.74, 6) is 0. The lowest BCUT2D eigenvalue weighted by atomic mass is 9.99. The van der Waals surface area contributed by atoms with E-state index in [1.807, 2.05) is 0 Å². The molecule has 1 aliphatic heterocycles. The van der Waals surface area contributed by atoms with E-state index in [-0.39, 0.29) is 6.29 Å². The van der Waals surface area contributed by atoms with E-state index in [1.165, 1.54) is 22.3 Å². The Balaban J connectivity index is 2.55. The predicted molar refractivity (Wildman–Crippen MR) is 50.5 cm³/mol. The molecule has 2 rings (SSSR count). The summed E-state index contributed by atoms with van der Waals surface area (Å²) in [6.07, 6.45) is -0.157. The van der Waals surface area contributed by atoms with E-state index in [2.05, 4.69) is 26.0 Å². The number of ether oxygens (including phenoxy) is 2. The van der Waals surface area contributed by atoms with Gasteiger partial charge in [0.25, 0.3) is 0 Å². The van der Waals surface area contributed by atoms with Gasteiger partial charge in [0.05, 0.1) is 6.61 Å². The first kappa shape index (κ1) is 8.73. The molecule has 70 valence electrons. The number of hydrogen-bond donors (Lipinski definition) is 0. The van der Waals surface area contributed by atoms with E-state index < -0.39 is 0 Å². The van der Waals surface area contributed by atoms with Crippen LogP contribution in [0.15, 0.2) is 12.1 Å². The van der Waals surface area contributed by atoms with Crippen LogP contribution in [0, 0.1) is 13.8 Å². The molecule has 0 aromatic heterocycles. The summed E-state index contributed by atoms with van der Waals surface area (Å²) in [4.78, 5) is 0. The topological polar surface area (TPSA) is 18.5 Å². The quantitative estimate of drug-likeness (QED) is 0.657. The molecule has 1 aromatic carbocycles. The summed E-state index contributed by atoms with van der Waals surface area (Å²) in [6, 6.07) is 4.25. The van der Waals surface area contributed by atoms with Gasteiger partial charge >= 0.3 is 0 Å². The highest BCUT2D eigenvalue weighted by atomic mass is 16.7. The zero-order chi connectivity index (χ0) is 9.42. The Morgan fingerprint density at radius 2 is 2.00 bits per heavy atom. The van der Waals surface area contributed by atoms with Crippen LogP contribution in [0.25, 0.3) is 0 Å². The Labute approximate surface area is 78.5 Å². The van der Waals surface area contributed by atoms with E-state index >= 15 is 0 Å². The van der Waals surface area contributed by atoms with Crippen molar-refractivity contribution in [2.45, 2.75) is 26.7 Å². The molecule has 0 unspecified atom stereocenters. The number of methoxy groups -OCH3 is 1. The Bertz CT molecular complexity index is 331. The fourth-order valence-corrected chi connectivity index (χ4v) is 1.84. The fraction of sp³-hybridized carbons (Fsp3) is 0.455. The van der Waals surface area contributed by atoms with Crippen LogP contribution in [-0.2, 0) is 16.1 Å². The second-order valence-corrected chi connectivity index (χ2v) is 3.47. The van der Waals surface area contributed by atoms with Gasteiger partial charge in [0.1, 0.15) is 0 Å². The number of rotatable bonds is 1. The van der Waals surface area contributed by atoms with Gasteiger partial charge in [-0.2, -0.15) is 0 Å². The Morgan fingerprint density at radius 3 is 2.69 bits per heavy atom. The van der Waals surface area contributed by atoms with Crippen molar-refractivity contribution in [3.8, 4) is 0 Å². The minimum Gasteiger partial charge on any atom is -0.352 e. The Hall–Kier alpha value is -0.860. The average Bonchev–Trinajstić information content (AvgIpc) is 2.56. The molecule has 0 saturated heterocycles. The molecule has 0 saturated carbocycles. The van der Waals surface area contributed by atoms with Crippen LogP contribution >= 0.6 is 0 Å². The van der Waals surface area contributed by atoms with Crippen LogP contribution in [0.1, 0.15) is 28.5 Å². The summed E-state index contributed by atoms with van der Waals surface area (Å²) < 4.78 is 10.8. The van der Waals surface area contributed by atoms with Crippen molar-refractivity contribution in [1.29, 1.82) is 0 Å². The van der Waals surface area contributed by atoms with Crippen molar-refractivity contribution in [2.75, 3.05) is 7.11 Å². The molecule has 13 heavy (non-hydrogen) atoms. The largest absolute Gasteiger partial charge is 0.352 e. The van der Waals surface area contributed by atoms with Crippen LogP contribution in [0.3, 0.4) is 0 Å². The molecule has 0 N–H and O–H groups in total. The number of hydrogen-bond acceptors (Lipinski definition) is 2. The maximum atomic E-state index is 5.51. The molecule has 0 aliphatic carbocycles. The average molecular weight is 178 g/mol. The standard InChI is InChI=1S/C11H14O2/c1-7-4-5-8(2)10-9(7)6-13-11(10)12-3/h4-5,11H,6H2,1-3H3/t11-/m0/s1. The molecule has 1 atom stereocenters. The highest BCUT2D eigenvalue weighted by Crippen LogP contribution is 2.35. The van der Waals surface area contributed by atoms with Crippen molar-refractivity contribution in [3.63, 3.8) is 0 Å². The third-order valence-corrected chi connectivity index (χ3v) is 2.64. The third-order valence-electron chi connectivity index (χ3n) is 2.64. The van der Waals surface area contributed by atoms with Crippen molar-refractivity contribution in [1.82, 2.24) is 0 Å². The van der Waals surface area contributed by atoms with Crippen molar-refractivity contribution in [3.05, 3.63) is 34.4 Å². The van der Waals surface area contributed by atoms with Gasteiger partial charge in [-0.3, -0.25) is 0 Å². The monoisotopic (exact) mass is 178 g/mol. The zero-order valence-electron chi connectivity index (χ0n) is 8.26. The van der Waals surface area contributed by atoms with Crippen LogP contribution in [0.5, 0.6) is 0 Å². The third kappa shape index (κ3) is 1.26. The molecule has 0 fully saturated rings. The molecule has 0 amide bonds. The molecule has 2 nitrogen and oxygen atoms in total. The van der Waals surface area contributed by atoms with Crippen molar-refractivity contribution < 1.29 is 9.47 Å². The molecule has 2 heteroatoms. The van der Waals surface area contributed by atoms with Gasteiger partial charge in [0.15, 0.2) is 6.29 Å². The Kier molecular flexibility index (Phi) is 2.10. The second-order valence-electron chi connectivity index (χ2n) is 3.47. The van der Waals surface area contributed by atoms with Gasteiger partial charge in [-0.15, -0.1) is 0 Å². The first-order chi connectivity index (χ1) is 6.24. The summed E-state index contributed by atoms with van der Waals surface area (Å²) in [6.45, 7) is 4.89. The summed E-state index contributed by atoms with van der Waals surface area (Å²) >= 11 is 0. The highest BCUT2D eigenvalue weighted by molar-refractivity contribution is 5.42. The molecule has 0 spiro atoms. The predicted octanol–water partition coefficient (Wildman–Crippen LogP) is 2.48. The molecule has 1 aliphatic rings. The summed E-state index contributed by atoms with van der Waals surface area (Å²) in [7, 11) is 1.68. The van der Waals surface area contributed by atoms with Crippen LogP contribution in [0.2, 0.25) is 0 Å². The van der Waals surface area contributed by atoms with Gasteiger partial charge in [-0.05, 0) is 30.5 Å². The molecular formula is C11H14O2. The van der Waals surface area contributed by atoms with E-state index in [4.69, 9.17) is 9.47 Å². The van der Waals surface area contributed by atoms with E-state index in [0.717, 1.165) is 0 Å². The van der Waals surface area contributed by atoms with Gasteiger partial charge in [-0.1, -0.05) is 12.1 Å². The summed E-state index contributed by atoms with van der Waals surface area (Å²) in [5.41, 5.74) is 5.07. The number of fused-ring (bicyclic) bond motifs is 1. The van der Waals surface area contributed by atoms with Gasteiger partial charge < -0.3 is 9.47 Å². The lowest BCUT2D eigenvalue weighted by molar-refractivity contribution is -0.118. The van der Waals surface area contributed by atoms with Gasteiger partial charge in [0, 0.05) is 12.7 Å². The second kappa shape index (κ2) is 3.13. The zero-order valence-corrected chi connectivity index (χ0v) is 8.26. The minimum absolute atomic E-state index is 0.157. The number of benzene rings is 1. The Morgan fingerprint density at radius 1 is 1.31 bits per heavy atom. The van der Waals surface area contributed by atoms with E-state index in [1.54, 1.807) is 7.11 Å². The molecule has 0 radical (unpaired) electrons. The lowest BCUT2D eigenvalue weighted by Crippen LogP contribution is -2.00. The van der Waals surface area contributed by atoms with Gasteiger partial charge in [-0.25, -0.2) is 0 Å². The minimum atomic E-state index is -0.157. The van der Waals surface area contributed by atoms with E-state index in [0.29, 0.717) is 6.61 Å². The first-order valence-corrected chi connectivity index (χ1v) is 4.47. The van der Waals surface area contributed by atoms with Crippen LogP contribution < -0.4 is 0 Å². The normalized spacial score (nSPS) is 20.4. The van der Waals surface area contributed by atoms with Crippen molar-refractivity contribution >= 4 is 0 Å². The molecule has 1 heterocycles.